The molecule has 0 radical (unpaired) electrons. The Morgan fingerprint density at radius 1 is 1.09 bits per heavy atom. The lowest BCUT2D eigenvalue weighted by Gasteiger charge is -2.22. The fraction of sp³-hybridized carbons (Fsp3) is 0.231. The standard InChI is InChI=1S/C26H23BrN2O2S/c1-17-15-18(11-13-22(17)27)23-14-12-21(31-23)16-24-25(30)29(20-9-5-6-10-20)26(32-24)28-19-7-3-2-4-8-19/h2-4,7-8,11-16,20H,5-6,9-10H2,1H3/b24-16+,28-26?. The molecule has 2 fully saturated rings. The number of hydrogen-bond donors (Lipinski definition) is 0. The zero-order chi connectivity index (χ0) is 22.1. The Labute approximate surface area is 200 Å². The number of carbonyl (C=O) groups is 1. The number of nitrogens with zero attached hydrogens (tertiary/aromatic N) is 2. The third-order valence-electron chi connectivity index (χ3n) is 5.85. The molecule has 0 spiro atoms. The third-order valence-corrected chi connectivity index (χ3v) is 7.72. The predicted octanol–water partition coefficient (Wildman–Crippen LogP) is 7.56. The molecule has 32 heavy (non-hydrogen) atoms. The van der Waals surface area contributed by atoms with Crippen molar-refractivity contribution in [1.29, 1.82) is 0 Å². The van der Waals surface area contributed by atoms with Gasteiger partial charge in [-0.2, -0.15) is 0 Å². The number of halogens is 1. The Morgan fingerprint density at radius 2 is 1.88 bits per heavy atom. The van der Waals surface area contributed by atoms with Gasteiger partial charge >= 0.3 is 0 Å². The van der Waals surface area contributed by atoms with Crippen molar-refractivity contribution in [3.63, 3.8) is 0 Å². The van der Waals surface area contributed by atoms with E-state index in [9.17, 15) is 4.79 Å². The average molecular weight is 507 g/mol. The van der Waals surface area contributed by atoms with E-state index in [1.54, 1.807) is 0 Å². The number of aliphatic imine (C=N–C) groups is 1. The quantitative estimate of drug-likeness (QED) is 0.342. The third kappa shape index (κ3) is 4.34. The number of carbonyl (C=O) groups excluding carboxylic acids is 1. The summed E-state index contributed by atoms with van der Waals surface area (Å²) in [5.41, 5.74) is 3.02. The van der Waals surface area contributed by atoms with E-state index in [2.05, 4.69) is 28.9 Å². The highest BCUT2D eigenvalue weighted by Gasteiger charge is 2.39. The maximum absolute atomic E-state index is 13.4. The molecule has 3 aromatic rings. The molecule has 2 heterocycles. The highest BCUT2D eigenvalue weighted by molar-refractivity contribution is 9.10. The zero-order valence-corrected chi connectivity index (χ0v) is 20.2. The first-order chi connectivity index (χ1) is 15.6. The molecule has 1 aromatic heterocycles. The number of hydrogen-bond acceptors (Lipinski definition) is 4. The molecule has 4 nitrogen and oxygen atoms in total. The van der Waals surface area contributed by atoms with Crippen molar-refractivity contribution in [2.75, 3.05) is 0 Å². The summed E-state index contributed by atoms with van der Waals surface area (Å²) in [5.74, 6) is 1.48. The first-order valence-electron chi connectivity index (χ1n) is 10.8. The predicted molar refractivity (Wildman–Crippen MR) is 135 cm³/mol. The summed E-state index contributed by atoms with van der Waals surface area (Å²) in [7, 11) is 0. The van der Waals surface area contributed by atoms with Crippen molar-refractivity contribution in [2.45, 2.75) is 38.6 Å². The first kappa shape index (κ1) is 21.3. The smallest absolute Gasteiger partial charge is 0.267 e. The second-order valence-corrected chi connectivity index (χ2v) is 9.98. The van der Waals surface area contributed by atoms with Crippen LogP contribution in [0, 0.1) is 6.92 Å². The van der Waals surface area contributed by atoms with Crippen LogP contribution in [0.4, 0.5) is 5.69 Å². The van der Waals surface area contributed by atoms with E-state index in [-0.39, 0.29) is 11.9 Å². The summed E-state index contributed by atoms with van der Waals surface area (Å²) in [6.45, 7) is 2.05. The zero-order valence-electron chi connectivity index (χ0n) is 17.8. The lowest BCUT2D eigenvalue weighted by atomic mass is 10.1. The SMILES string of the molecule is Cc1cc(-c2ccc(/C=C3/SC(=Nc4ccccc4)N(C4CCCC4)C3=O)o2)ccc1Br. The molecule has 5 rings (SSSR count). The molecular weight excluding hydrogens is 484 g/mol. The molecule has 1 saturated carbocycles. The van der Waals surface area contributed by atoms with E-state index < -0.39 is 0 Å². The number of aryl methyl sites for hydroxylation is 1. The summed E-state index contributed by atoms with van der Waals surface area (Å²) >= 11 is 4.97. The summed E-state index contributed by atoms with van der Waals surface area (Å²) < 4.78 is 7.14. The molecule has 0 atom stereocenters. The summed E-state index contributed by atoms with van der Waals surface area (Å²) in [6, 6.07) is 20.0. The van der Waals surface area contributed by atoms with Crippen molar-refractivity contribution in [1.82, 2.24) is 4.90 Å². The molecule has 1 saturated heterocycles. The molecular formula is C26H23BrN2O2S. The number of amidine groups is 1. The molecule has 2 aliphatic rings. The van der Waals surface area contributed by atoms with Gasteiger partial charge in [0.25, 0.3) is 5.91 Å². The largest absolute Gasteiger partial charge is 0.457 e. The van der Waals surface area contributed by atoms with E-state index >= 15 is 0 Å². The van der Waals surface area contributed by atoms with Crippen LogP contribution in [0.3, 0.4) is 0 Å². The van der Waals surface area contributed by atoms with Gasteiger partial charge in [0.15, 0.2) is 5.17 Å². The molecule has 0 unspecified atom stereocenters. The fourth-order valence-electron chi connectivity index (χ4n) is 4.17. The van der Waals surface area contributed by atoms with Crippen LogP contribution in [0.2, 0.25) is 0 Å². The highest BCUT2D eigenvalue weighted by Crippen LogP contribution is 2.39. The van der Waals surface area contributed by atoms with Gasteiger partial charge in [0.2, 0.25) is 0 Å². The van der Waals surface area contributed by atoms with Gasteiger partial charge < -0.3 is 4.42 Å². The van der Waals surface area contributed by atoms with Crippen LogP contribution in [0.25, 0.3) is 17.4 Å². The van der Waals surface area contributed by atoms with Gasteiger partial charge in [-0.05, 0) is 73.5 Å². The minimum absolute atomic E-state index is 0.0222. The molecule has 0 N–H and O–H groups in total. The van der Waals surface area contributed by atoms with Crippen LogP contribution in [-0.4, -0.2) is 22.0 Å². The van der Waals surface area contributed by atoms with Crippen LogP contribution >= 0.6 is 27.7 Å². The fourth-order valence-corrected chi connectivity index (χ4v) is 5.46. The van der Waals surface area contributed by atoms with E-state index in [1.165, 1.54) is 11.8 Å². The van der Waals surface area contributed by atoms with Crippen LogP contribution in [0.1, 0.15) is 37.0 Å². The Bertz CT molecular complexity index is 1210. The summed E-state index contributed by atoms with van der Waals surface area (Å²) in [6.07, 6.45) is 6.22. The molecule has 2 aromatic carbocycles. The highest BCUT2D eigenvalue weighted by atomic mass is 79.9. The van der Waals surface area contributed by atoms with Crippen LogP contribution in [-0.2, 0) is 4.79 Å². The van der Waals surface area contributed by atoms with Crippen molar-refractivity contribution >= 4 is 50.5 Å². The average Bonchev–Trinajstić information content (AvgIpc) is 3.53. The van der Waals surface area contributed by atoms with Crippen LogP contribution in [0.5, 0.6) is 0 Å². The van der Waals surface area contributed by atoms with Crippen LogP contribution in [0.15, 0.2) is 79.5 Å². The van der Waals surface area contributed by atoms with Crippen LogP contribution < -0.4 is 0 Å². The van der Waals surface area contributed by atoms with Gasteiger partial charge in [0, 0.05) is 22.2 Å². The molecule has 162 valence electrons. The Balaban J connectivity index is 1.45. The monoisotopic (exact) mass is 506 g/mol. The van der Waals surface area contributed by atoms with Gasteiger partial charge in [-0.1, -0.05) is 53.0 Å². The first-order valence-corrected chi connectivity index (χ1v) is 12.4. The number of thioether (sulfide) groups is 1. The van der Waals surface area contributed by atoms with Crippen molar-refractivity contribution in [3.05, 3.63) is 81.4 Å². The summed E-state index contributed by atoms with van der Waals surface area (Å²) in [4.78, 5) is 20.7. The second-order valence-electron chi connectivity index (χ2n) is 8.12. The van der Waals surface area contributed by atoms with Gasteiger partial charge in [0.1, 0.15) is 11.5 Å². The maximum Gasteiger partial charge on any atom is 0.267 e. The molecule has 1 aliphatic heterocycles. The van der Waals surface area contributed by atoms with Crippen molar-refractivity contribution in [3.8, 4) is 11.3 Å². The number of furan rings is 1. The lowest BCUT2D eigenvalue weighted by molar-refractivity contribution is -0.123. The topological polar surface area (TPSA) is 45.8 Å². The van der Waals surface area contributed by atoms with Gasteiger partial charge in [-0.15, -0.1) is 0 Å². The molecule has 1 amide bonds. The van der Waals surface area contributed by atoms with Gasteiger partial charge in [-0.3, -0.25) is 9.69 Å². The minimum atomic E-state index is 0.0222. The number of para-hydroxylation sites is 1. The Hall–Kier alpha value is -2.57. The van der Waals surface area contributed by atoms with Gasteiger partial charge in [-0.25, -0.2) is 4.99 Å². The summed E-state index contributed by atoms with van der Waals surface area (Å²) in [5, 5.41) is 0.759. The van der Waals surface area contributed by atoms with Gasteiger partial charge in [0.05, 0.1) is 10.6 Å². The molecule has 0 bridgehead atoms. The van der Waals surface area contributed by atoms with E-state index in [0.717, 1.165) is 57.9 Å². The number of benzene rings is 2. The second kappa shape index (κ2) is 9.12. The normalized spacial score (nSPS) is 19.6. The lowest BCUT2D eigenvalue weighted by Crippen LogP contribution is -2.37. The Kier molecular flexibility index (Phi) is 6.07. The molecule has 6 heteroatoms. The minimum Gasteiger partial charge on any atom is -0.457 e. The van der Waals surface area contributed by atoms with E-state index in [1.807, 2.05) is 65.6 Å². The maximum atomic E-state index is 13.4. The molecule has 1 aliphatic carbocycles. The van der Waals surface area contributed by atoms with E-state index in [0.29, 0.717) is 10.7 Å². The Morgan fingerprint density at radius 3 is 2.62 bits per heavy atom. The number of amides is 1. The number of rotatable bonds is 4. The van der Waals surface area contributed by atoms with Crippen molar-refractivity contribution in [2.24, 2.45) is 4.99 Å². The van der Waals surface area contributed by atoms with Crippen molar-refractivity contribution < 1.29 is 9.21 Å². The van der Waals surface area contributed by atoms with E-state index in [4.69, 9.17) is 9.41 Å².